The summed E-state index contributed by atoms with van der Waals surface area (Å²) in [7, 11) is 0. The largest absolute Gasteiger partial charge is 0.481 e. The molecule has 0 saturated heterocycles. The third-order valence-corrected chi connectivity index (χ3v) is 4.36. The fraction of sp³-hybridized carbons (Fsp3) is 0.500. The number of fused-ring (bicyclic) bond motifs is 1. The Kier molecular flexibility index (Phi) is 4.50. The van der Waals surface area contributed by atoms with E-state index in [0.29, 0.717) is 17.2 Å². The molecule has 3 unspecified atom stereocenters. The van der Waals surface area contributed by atoms with Crippen LogP contribution >= 0.6 is 0 Å². The summed E-state index contributed by atoms with van der Waals surface area (Å²) < 4.78 is 0. The minimum atomic E-state index is -0.896. The Labute approximate surface area is 125 Å². The standard InChI is InChI=1S/C16H22N2O3/c1-4-10(2)11(3)17-16(21)18-9-13(15(19)20)12-7-5-6-8-14(12)18/h5-8,10-11,13H,4,9H2,1-3H3,(H,17,21)(H,19,20). The predicted molar refractivity (Wildman–Crippen MR) is 81.6 cm³/mol. The van der Waals surface area contributed by atoms with Crippen LogP contribution in [0.15, 0.2) is 24.3 Å². The van der Waals surface area contributed by atoms with Crippen LogP contribution < -0.4 is 10.2 Å². The van der Waals surface area contributed by atoms with Crippen molar-refractivity contribution in [2.24, 2.45) is 5.92 Å². The number of rotatable bonds is 4. The van der Waals surface area contributed by atoms with Gasteiger partial charge < -0.3 is 10.4 Å². The second-order valence-electron chi connectivity index (χ2n) is 5.68. The van der Waals surface area contributed by atoms with E-state index in [4.69, 9.17) is 0 Å². The summed E-state index contributed by atoms with van der Waals surface area (Å²) in [5.41, 5.74) is 1.40. The number of carbonyl (C=O) groups is 2. The predicted octanol–water partition coefficient (Wildman–Crippen LogP) is 2.82. The van der Waals surface area contributed by atoms with E-state index < -0.39 is 11.9 Å². The molecule has 1 aliphatic heterocycles. The van der Waals surface area contributed by atoms with E-state index in [-0.39, 0.29) is 18.6 Å². The number of benzene rings is 1. The molecule has 21 heavy (non-hydrogen) atoms. The SMILES string of the molecule is CCC(C)C(C)NC(=O)N1CC(C(=O)O)c2ccccc21. The van der Waals surface area contributed by atoms with Crippen molar-refractivity contribution < 1.29 is 14.7 Å². The first kappa shape index (κ1) is 15.4. The maximum Gasteiger partial charge on any atom is 0.322 e. The van der Waals surface area contributed by atoms with Gasteiger partial charge in [0.15, 0.2) is 0 Å². The minimum absolute atomic E-state index is 0.0542. The number of para-hydroxylation sites is 1. The van der Waals surface area contributed by atoms with Gasteiger partial charge in [-0.15, -0.1) is 0 Å². The molecule has 5 nitrogen and oxygen atoms in total. The Balaban J connectivity index is 2.18. The lowest BCUT2D eigenvalue weighted by atomic mass is 10.0. The quantitative estimate of drug-likeness (QED) is 0.896. The van der Waals surface area contributed by atoms with Crippen molar-refractivity contribution in [2.45, 2.75) is 39.2 Å². The van der Waals surface area contributed by atoms with Crippen molar-refractivity contribution in [3.8, 4) is 0 Å². The smallest absolute Gasteiger partial charge is 0.322 e. The summed E-state index contributed by atoms with van der Waals surface area (Å²) in [5, 5.41) is 12.3. The van der Waals surface area contributed by atoms with Crippen LogP contribution in [0.25, 0.3) is 0 Å². The van der Waals surface area contributed by atoms with Gasteiger partial charge in [0.2, 0.25) is 0 Å². The lowest BCUT2D eigenvalue weighted by molar-refractivity contribution is -0.138. The van der Waals surface area contributed by atoms with Gasteiger partial charge in [0.1, 0.15) is 5.92 Å². The van der Waals surface area contributed by atoms with Gasteiger partial charge in [-0.05, 0) is 24.5 Å². The van der Waals surface area contributed by atoms with Crippen molar-refractivity contribution in [3.05, 3.63) is 29.8 Å². The molecule has 114 valence electrons. The summed E-state index contributed by atoms with van der Waals surface area (Å²) >= 11 is 0. The molecule has 2 amide bonds. The van der Waals surface area contributed by atoms with E-state index in [9.17, 15) is 14.7 Å². The highest BCUT2D eigenvalue weighted by Crippen LogP contribution is 2.36. The average molecular weight is 290 g/mol. The molecule has 0 aliphatic carbocycles. The summed E-state index contributed by atoms with van der Waals surface area (Å²) in [6, 6.07) is 7.03. The summed E-state index contributed by atoms with van der Waals surface area (Å²) in [6.45, 7) is 6.33. The number of amides is 2. The van der Waals surface area contributed by atoms with E-state index in [0.717, 1.165) is 6.42 Å². The Morgan fingerprint density at radius 3 is 2.67 bits per heavy atom. The summed E-state index contributed by atoms with van der Waals surface area (Å²) in [4.78, 5) is 25.3. The Bertz CT molecular complexity index is 544. The van der Waals surface area contributed by atoms with Gasteiger partial charge in [-0.25, -0.2) is 4.79 Å². The zero-order valence-electron chi connectivity index (χ0n) is 12.7. The van der Waals surface area contributed by atoms with Crippen molar-refractivity contribution in [2.75, 3.05) is 11.4 Å². The highest BCUT2D eigenvalue weighted by Gasteiger charge is 2.36. The van der Waals surface area contributed by atoms with Crippen LogP contribution in [0.4, 0.5) is 10.5 Å². The molecule has 0 fully saturated rings. The van der Waals surface area contributed by atoms with Gasteiger partial charge in [-0.3, -0.25) is 9.69 Å². The van der Waals surface area contributed by atoms with Crippen molar-refractivity contribution in [1.82, 2.24) is 5.32 Å². The van der Waals surface area contributed by atoms with Gasteiger partial charge in [-0.2, -0.15) is 0 Å². The number of anilines is 1. The third kappa shape index (κ3) is 3.01. The first-order valence-electron chi connectivity index (χ1n) is 7.35. The molecule has 5 heteroatoms. The minimum Gasteiger partial charge on any atom is -0.481 e. The van der Waals surface area contributed by atoms with E-state index in [1.165, 1.54) is 4.90 Å². The second-order valence-corrected chi connectivity index (χ2v) is 5.68. The Hall–Kier alpha value is -2.04. The molecule has 0 radical (unpaired) electrons. The summed E-state index contributed by atoms with van der Waals surface area (Å²) in [6.07, 6.45) is 0.982. The van der Waals surface area contributed by atoms with Crippen LogP contribution in [0.5, 0.6) is 0 Å². The fourth-order valence-electron chi connectivity index (χ4n) is 2.58. The Morgan fingerprint density at radius 2 is 2.05 bits per heavy atom. The molecule has 0 aromatic heterocycles. The van der Waals surface area contributed by atoms with Crippen LogP contribution in [0.2, 0.25) is 0 Å². The average Bonchev–Trinajstić information content (AvgIpc) is 2.86. The zero-order valence-corrected chi connectivity index (χ0v) is 12.7. The van der Waals surface area contributed by atoms with Crippen LogP contribution in [0, 0.1) is 5.92 Å². The molecule has 1 aliphatic rings. The number of nitrogens with zero attached hydrogens (tertiary/aromatic N) is 1. The lowest BCUT2D eigenvalue weighted by Gasteiger charge is -2.24. The maximum absolute atomic E-state index is 12.4. The van der Waals surface area contributed by atoms with Gasteiger partial charge >= 0.3 is 12.0 Å². The number of carbonyl (C=O) groups excluding carboxylic acids is 1. The first-order chi connectivity index (χ1) is 9.95. The number of urea groups is 1. The van der Waals surface area contributed by atoms with Crippen LogP contribution in [-0.4, -0.2) is 29.7 Å². The van der Waals surface area contributed by atoms with Gasteiger partial charge in [0, 0.05) is 18.3 Å². The maximum atomic E-state index is 12.4. The molecule has 2 rings (SSSR count). The second kappa shape index (κ2) is 6.16. The van der Waals surface area contributed by atoms with Gasteiger partial charge in [0.25, 0.3) is 0 Å². The first-order valence-corrected chi connectivity index (χ1v) is 7.35. The molecule has 1 heterocycles. The topological polar surface area (TPSA) is 69.6 Å². The monoisotopic (exact) mass is 290 g/mol. The molecule has 0 saturated carbocycles. The third-order valence-electron chi connectivity index (χ3n) is 4.36. The van der Waals surface area contributed by atoms with Crippen molar-refractivity contribution in [1.29, 1.82) is 0 Å². The molecule has 3 atom stereocenters. The van der Waals surface area contributed by atoms with E-state index >= 15 is 0 Å². The number of carboxylic acid groups (broad SMARTS) is 1. The van der Waals surface area contributed by atoms with Crippen molar-refractivity contribution >= 4 is 17.7 Å². The normalized spacial score (nSPS) is 19.8. The number of nitrogens with one attached hydrogen (secondary N) is 1. The molecule has 0 bridgehead atoms. The van der Waals surface area contributed by atoms with Crippen LogP contribution in [-0.2, 0) is 4.79 Å². The zero-order chi connectivity index (χ0) is 15.6. The van der Waals surface area contributed by atoms with Gasteiger partial charge in [-0.1, -0.05) is 38.5 Å². The van der Waals surface area contributed by atoms with Crippen LogP contribution in [0.1, 0.15) is 38.7 Å². The van der Waals surface area contributed by atoms with Gasteiger partial charge in [0.05, 0.1) is 0 Å². The molecular formula is C16H22N2O3. The number of carboxylic acids is 1. The Morgan fingerprint density at radius 1 is 1.38 bits per heavy atom. The lowest BCUT2D eigenvalue weighted by Crippen LogP contribution is -2.45. The highest BCUT2D eigenvalue weighted by atomic mass is 16.4. The molecular weight excluding hydrogens is 268 g/mol. The molecule has 1 aromatic rings. The number of hydrogen-bond donors (Lipinski definition) is 2. The van der Waals surface area contributed by atoms with E-state index in [2.05, 4.69) is 19.2 Å². The van der Waals surface area contributed by atoms with E-state index in [1.807, 2.05) is 13.0 Å². The van der Waals surface area contributed by atoms with Crippen LogP contribution in [0.3, 0.4) is 0 Å². The molecule has 1 aromatic carbocycles. The molecule has 0 spiro atoms. The van der Waals surface area contributed by atoms with E-state index in [1.54, 1.807) is 18.2 Å². The van der Waals surface area contributed by atoms with Crippen molar-refractivity contribution in [3.63, 3.8) is 0 Å². The number of aliphatic carboxylic acids is 1. The molecule has 2 N–H and O–H groups in total. The highest BCUT2D eigenvalue weighted by molar-refractivity contribution is 5.98. The number of hydrogen-bond acceptors (Lipinski definition) is 2. The fourth-order valence-corrected chi connectivity index (χ4v) is 2.58. The summed E-state index contributed by atoms with van der Waals surface area (Å²) in [5.74, 6) is -1.17.